The van der Waals surface area contributed by atoms with Gasteiger partial charge in [-0.1, -0.05) is 12.1 Å². The van der Waals surface area contributed by atoms with Gasteiger partial charge in [-0.2, -0.15) is 18.2 Å². The molecule has 0 saturated heterocycles. The molecule has 0 bridgehead atoms. The largest absolute Gasteiger partial charge is 0.416 e. The van der Waals surface area contributed by atoms with Gasteiger partial charge in [0.2, 0.25) is 5.88 Å². The second-order valence-electron chi connectivity index (χ2n) is 5.40. The van der Waals surface area contributed by atoms with E-state index >= 15 is 0 Å². The van der Waals surface area contributed by atoms with Gasteiger partial charge in [-0.05, 0) is 26.0 Å². The molecular formula is C17H20F3N2O4PS. The fourth-order valence-electron chi connectivity index (χ4n) is 2.20. The molecule has 1 heterocycles. The number of hydrogen-bond acceptors (Lipinski definition) is 7. The molecule has 0 aliphatic carbocycles. The second-order valence-corrected chi connectivity index (χ2v) is 8.34. The van der Waals surface area contributed by atoms with Crippen molar-refractivity contribution in [2.24, 2.45) is 0 Å². The van der Waals surface area contributed by atoms with Crippen LogP contribution in [-0.4, -0.2) is 30.3 Å². The van der Waals surface area contributed by atoms with Gasteiger partial charge in [-0.25, -0.2) is 4.98 Å². The first-order chi connectivity index (χ1) is 13.2. The maximum atomic E-state index is 12.8. The molecule has 0 radical (unpaired) electrons. The monoisotopic (exact) mass is 436 g/mol. The van der Waals surface area contributed by atoms with E-state index in [0.717, 1.165) is 12.1 Å². The summed E-state index contributed by atoms with van der Waals surface area (Å²) in [6.45, 7) is 1.18. The van der Waals surface area contributed by atoms with Crippen LogP contribution in [0.15, 0.2) is 30.3 Å². The van der Waals surface area contributed by atoms with Crippen molar-refractivity contribution in [3.05, 3.63) is 41.6 Å². The predicted octanol–water partition coefficient (Wildman–Crippen LogP) is 4.99. The Labute approximate surface area is 166 Å². The molecule has 0 aliphatic heterocycles. The van der Waals surface area contributed by atoms with Gasteiger partial charge in [-0.15, -0.1) is 0 Å². The summed E-state index contributed by atoms with van der Waals surface area (Å²) in [6.07, 6.45) is -4.42. The minimum atomic E-state index is -4.42. The molecule has 154 valence electrons. The maximum Gasteiger partial charge on any atom is 0.416 e. The van der Waals surface area contributed by atoms with Gasteiger partial charge in [0, 0.05) is 30.5 Å². The van der Waals surface area contributed by atoms with Crippen LogP contribution in [0.3, 0.4) is 0 Å². The van der Waals surface area contributed by atoms with Gasteiger partial charge in [-0.3, -0.25) is 9.05 Å². The number of alkyl halides is 3. The average molecular weight is 436 g/mol. The van der Waals surface area contributed by atoms with Crippen LogP contribution in [0.1, 0.15) is 25.1 Å². The fourth-order valence-corrected chi connectivity index (χ4v) is 4.20. The van der Waals surface area contributed by atoms with Crippen molar-refractivity contribution in [1.82, 2.24) is 9.97 Å². The first kappa shape index (κ1) is 22.7. The van der Waals surface area contributed by atoms with E-state index in [-0.39, 0.29) is 18.3 Å². The molecular weight excluding hydrogens is 416 g/mol. The average Bonchev–Trinajstić information content (AvgIpc) is 2.61. The van der Waals surface area contributed by atoms with E-state index in [9.17, 15) is 13.2 Å². The molecule has 28 heavy (non-hydrogen) atoms. The van der Waals surface area contributed by atoms with Crippen LogP contribution in [0, 0.1) is 0 Å². The molecule has 0 atom stereocenters. The molecule has 0 unspecified atom stereocenters. The summed E-state index contributed by atoms with van der Waals surface area (Å²) in [7, 11) is 1.49. The van der Waals surface area contributed by atoms with Gasteiger partial charge in [0.15, 0.2) is 5.82 Å². The van der Waals surface area contributed by atoms with Crippen molar-refractivity contribution in [2.45, 2.75) is 26.6 Å². The first-order valence-electron chi connectivity index (χ1n) is 8.34. The Morgan fingerprint density at radius 3 is 2.14 bits per heavy atom. The highest BCUT2D eigenvalue weighted by Gasteiger charge is 2.30. The Balaban J connectivity index is 2.41. The maximum absolute atomic E-state index is 12.8. The molecule has 2 rings (SSSR count). The number of ether oxygens (including phenoxy) is 1. The summed E-state index contributed by atoms with van der Waals surface area (Å²) in [5.74, 6) is 0.273. The molecule has 0 spiro atoms. The Morgan fingerprint density at radius 2 is 1.64 bits per heavy atom. The van der Waals surface area contributed by atoms with E-state index in [1.807, 2.05) is 0 Å². The summed E-state index contributed by atoms with van der Waals surface area (Å²) in [5.41, 5.74) is 0.0952. The number of hydrogen-bond donors (Lipinski definition) is 0. The van der Waals surface area contributed by atoms with Crippen molar-refractivity contribution in [3.63, 3.8) is 0 Å². The van der Waals surface area contributed by atoms with Crippen LogP contribution in [-0.2, 0) is 38.4 Å². The van der Waals surface area contributed by atoms with E-state index < -0.39 is 18.5 Å². The van der Waals surface area contributed by atoms with Gasteiger partial charge in [0.1, 0.15) is 0 Å². The number of nitrogens with zero attached hydrogens (tertiary/aromatic N) is 2. The zero-order valence-electron chi connectivity index (χ0n) is 15.5. The smallest absolute Gasteiger partial charge is 0.406 e. The predicted molar refractivity (Wildman–Crippen MR) is 101 cm³/mol. The molecule has 0 amide bonds. The van der Waals surface area contributed by atoms with E-state index in [2.05, 4.69) is 9.97 Å². The molecule has 0 fully saturated rings. The third-order valence-corrected chi connectivity index (χ3v) is 5.71. The van der Waals surface area contributed by atoms with Crippen molar-refractivity contribution < 1.29 is 31.5 Å². The molecule has 11 heteroatoms. The van der Waals surface area contributed by atoms with Crippen LogP contribution in [0.25, 0.3) is 11.4 Å². The minimum absolute atomic E-state index is 0.0992. The summed E-state index contributed by atoms with van der Waals surface area (Å²) in [6, 6.07) is 6.04. The third-order valence-electron chi connectivity index (χ3n) is 3.30. The molecule has 0 saturated carbocycles. The topological polar surface area (TPSA) is 62.7 Å². The Morgan fingerprint density at radius 1 is 1.04 bits per heavy atom. The van der Waals surface area contributed by atoms with Crippen LogP contribution >= 0.6 is 6.72 Å². The summed E-state index contributed by atoms with van der Waals surface area (Å²) >= 11 is 5.34. The molecule has 0 N–H and O–H groups in total. The summed E-state index contributed by atoms with van der Waals surface area (Å²) in [4.78, 5) is 8.56. The number of rotatable bonds is 9. The molecule has 2 aromatic rings. The van der Waals surface area contributed by atoms with E-state index in [1.165, 1.54) is 25.3 Å². The Bertz CT molecular complexity index is 824. The molecule has 1 aromatic heterocycles. The minimum Gasteiger partial charge on any atom is -0.406 e. The van der Waals surface area contributed by atoms with Crippen molar-refractivity contribution >= 4 is 18.5 Å². The molecule has 6 nitrogen and oxygen atoms in total. The number of benzene rings is 1. The van der Waals surface area contributed by atoms with Crippen LogP contribution < -0.4 is 4.52 Å². The SMILES string of the molecule is CCOP(=S)(OCC)Oc1cc(COC)nc(-c2ccc(C(F)(F)F)cc2)n1. The quantitative estimate of drug-likeness (QED) is 0.514. The van der Waals surface area contributed by atoms with E-state index in [4.69, 9.17) is 30.1 Å². The van der Waals surface area contributed by atoms with E-state index in [1.54, 1.807) is 13.8 Å². The number of halogens is 3. The molecule has 0 aliphatic rings. The first-order valence-corrected chi connectivity index (χ1v) is 10.9. The van der Waals surface area contributed by atoms with Gasteiger partial charge < -0.3 is 9.26 Å². The summed E-state index contributed by atoms with van der Waals surface area (Å²) in [5, 5.41) is 0. The highest BCUT2D eigenvalue weighted by Crippen LogP contribution is 2.49. The lowest BCUT2D eigenvalue weighted by Crippen LogP contribution is -2.06. The summed E-state index contributed by atoms with van der Waals surface area (Å²) < 4.78 is 60.0. The fraction of sp³-hybridized carbons (Fsp3) is 0.412. The number of aromatic nitrogens is 2. The van der Waals surface area contributed by atoms with Crippen molar-refractivity contribution in [3.8, 4) is 17.3 Å². The third kappa shape index (κ3) is 6.22. The zero-order chi connectivity index (χ0) is 20.8. The normalized spacial score (nSPS) is 12.2. The second kappa shape index (κ2) is 9.76. The lowest BCUT2D eigenvalue weighted by atomic mass is 10.1. The lowest BCUT2D eigenvalue weighted by molar-refractivity contribution is -0.137. The standard InChI is InChI=1S/C17H20F3N2O4PS/c1-4-24-27(28,25-5-2)26-15-10-14(11-23-3)21-16(22-15)12-6-8-13(9-7-12)17(18,19)20/h6-10H,4-5,11H2,1-3H3. The van der Waals surface area contributed by atoms with Crippen LogP contribution in [0.4, 0.5) is 13.2 Å². The van der Waals surface area contributed by atoms with Crippen molar-refractivity contribution in [2.75, 3.05) is 20.3 Å². The Kier molecular flexibility index (Phi) is 7.91. The Hall–Kier alpha value is -1.58. The van der Waals surface area contributed by atoms with Gasteiger partial charge in [0.25, 0.3) is 0 Å². The highest BCUT2D eigenvalue weighted by atomic mass is 32.5. The number of methoxy groups -OCH3 is 1. The van der Waals surface area contributed by atoms with Crippen molar-refractivity contribution in [1.29, 1.82) is 0 Å². The lowest BCUT2D eigenvalue weighted by Gasteiger charge is -2.21. The van der Waals surface area contributed by atoms with Crippen LogP contribution in [0.2, 0.25) is 0 Å². The van der Waals surface area contributed by atoms with Gasteiger partial charge in [0.05, 0.1) is 31.1 Å². The van der Waals surface area contributed by atoms with Crippen LogP contribution in [0.5, 0.6) is 5.88 Å². The van der Waals surface area contributed by atoms with E-state index in [0.29, 0.717) is 24.5 Å². The van der Waals surface area contributed by atoms with Gasteiger partial charge >= 0.3 is 12.9 Å². The zero-order valence-corrected chi connectivity index (χ0v) is 17.2. The molecule has 1 aromatic carbocycles. The highest BCUT2D eigenvalue weighted by molar-refractivity contribution is 8.07.